The molecule has 1 N–H and O–H groups in total. The second-order valence-electron chi connectivity index (χ2n) is 3.57. The van der Waals surface area contributed by atoms with Gasteiger partial charge in [0.2, 0.25) is 0 Å². The van der Waals surface area contributed by atoms with E-state index in [9.17, 15) is 5.11 Å². The van der Waals surface area contributed by atoms with E-state index in [0.29, 0.717) is 5.92 Å². The van der Waals surface area contributed by atoms with Gasteiger partial charge in [0.15, 0.2) is 0 Å². The van der Waals surface area contributed by atoms with Gasteiger partial charge in [-0.25, -0.2) is 0 Å². The van der Waals surface area contributed by atoms with E-state index >= 15 is 0 Å². The fourth-order valence-electron chi connectivity index (χ4n) is 1.48. The molecule has 1 heteroatoms. The summed E-state index contributed by atoms with van der Waals surface area (Å²) in [4.78, 5) is 0. The number of rotatable bonds is 1. The van der Waals surface area contributed by atoms with Crippen molar-refractivity contribution in [3.8, 4) is 12.3 Å². The van der Waals surface area contributed by atoms with Gasteiger partial charge in [-0.15, -0.1) is 6.42 Å². The average Bonchev–Trinajstić information content (AvgIpc) is 1.81. The summed E-state index contributed by atoms with van der Waals surface area (Å²) in [6.07, 6.45) is 7.32. The molecule has 0 saturated heterocycles. The van der Waals surface area contributed by atoms with Crippen LogP contribution < -0.4 is 0 Å². The van der Waals surface area contributed by atoms with E-state index in [-0.39, 0.29) is 0 Å². The van der Waals surface area contributed by atoms with Gasteiger partial charge >= 0.3 is 0 Å². The van der Waals surface area contributed by atoms with Crippen molar-refractivity contribution in [2.75, 3.05) is 0 Å². The first-order chi connectivity index (χ1) is 4.56. The largest absolute Gasteiger partial charge is 0.378 e. The quantitative estimate of drug-likeness (QED) is 0.543. The third-order valence-electron chi connectivity index (χ3n) is 2.46. The molecule has 56 valence electrons. The third-order valence-corrected chi connectivity index (χ3v) is 2.46. The maximum absolute atomic E-state index is 9.52. The van der Waals surface area contributed by atoms with Crippen molar-refractivity contribution < 1.29 is 5.11 Å². The zero-order valence-electron chi connectivity index (χ0n) is 6.59. The molecule has 1 saturated carbocycles. The van der Waals surface area contributed by atoms with E-state index in [4.69, 9.17) is 6.42 Å². The molecule has 1 unspecified atom stereocenters. The van der Waals surface area contributed by atoms with Crippen LogP contribution in [0.4, 0.5) is 0 Å². The molecule has 0 aromatic carbocycles. The van der Waals surface area contributed by atoms with Gasteiger partial charge in [0.25, 0.3) is 0 Å². The minimum atomic E-state index is -0.855. The van der Waals surface area contributed by atoms with Crippen molar-refractivity contribution >= 4 is 0 Å². The lowest BCUT2D eigenvalue weighted by molar-refractivity contribution is -0.00782. The molecule has 0 radical (unpaired) electrons. The molecule has 1 aliphatic carbocycles. The van der Waals surface area contributed by atoms with Crippen LogP contribution in [0.2, 0.25) is 0 Å². The molecule has 1 fully saturated rings. The SMILES string of the molecule is C#CC(C)(O)C1CC(C)C1. The highest BCUT2D eigenvalue weighted by Crippen LogP contribution is 2.40. The molecule has 0 heterocycles. The number of hydrogen-bond acceptors (Lipinski definition) is 1. The maximum Gasteiger partial charge on any atom is 0.125 e. The van der Waals surface area contributed by atoms with Gasteiger partial charge in [-0.3, -0.25) is 0 Å². The molecule has 0 bridgehead atoms. The van der Waals surface area contributed by atoms with Crippen LogP contribution in [0, 0.1) is 24.2 Å². The summed E-state index contributed by atoms with van der Waals surface area (Å²) >= 11 is 0. The van der Waals surface area contributed by atoms with Gasteiger partial charge in [-0.05, 0) is 31.6 Å². The molecule has 10 heavy (non-hydrogen) atoms. The monoisotopic (exact) mass is 138 g/mol. The van der Waals surface area contributed by atoms with E-state index in [2.05, 4.69) is 12.8 Å². The van der Waals surface area contributed by atoms with Crippen molar-refractivity contribution in [1.82, 2.24) is 0 Å². The summed E-state index contributed by atoms with van der Waals surface area (Å²) in [6, 6.07) is 0. The molecule has 0 amide bonds. The first kappa shape index (κ1) is 7.63. The van der Waals surface area contributed by atoms with E-state index in [0.717, 1.165) is 18.8 Å². The second-order valence-corrected chi connectivity index (χ2v) is 3.57. The summed E-state index contributed by atoms with van der Waals surface area (Å²) in [6.45, 7) is 3.91. The molecule has 0 spiro atoms. The fraction of sp³-hybridized carbons (Fsp3) is 0.778. The summed E-state index contributed by atoms with van der Waals surface area (Å²) in [5, 5.41) is 9.52. The van der Waals surface area contributed by atoms with Crippen molar-refractivity contribution in [1.29, 1.82) is 0 Å². The molecular weight excluding hydrogens is 124 g/mol. The van der Waals surface area contributed by atoms with Gasteiger partial charge in [-0.1, -0.05) is 12.8 Å². The second kappa shape index (κ2) is 2.29. The number of terminal acetylenes is 1. The minimum absolute atomic E-state index is 0.340. The standard InChI is InChI=1S/C9H14O/c1-4-9(3,10)8-5-7(2)6-8/h1,7-8,10H,5-6H2,2-3H3. The summed E-state index contributed by atoms with van der Waals surface area (Å²) in [5.74, 6) is 3.51. The predicted octanol–water partition coefficient (Wildman–Crippen LogP) is 1.42. The third kappa shape index (κ3) is 1.17. The topological polar surface area (TPSA) is 20.2 Å². The minimum Gasteiger partial charge on any atom is -0.378 e. The van der Waals surface area contributed by atoms with Crippen molar-refractivity contribution in [2.24, 2.45) is 11.8 Å². The Labute approximate surface area is 62.4 Å². The van der Waals surface area contributed by atoms with Gasteiger partial charge < -0.3 is 5.11 Å². The Morgan fingerprint density at radius 1 is 1.60 bits per heavy atom. The fourth-order valence-corrected chi connectivity index (χ4v) is 1.48. The Bertz CT molecular complexity index is 158. The van der Waals surface area contributed by atoms with E-state index in [1.807, 2.05) is 0 Å². The molecule has 0 aliphatic heterocycles. The smallest absolute Gasteiger partial charge is 0.125 e. The van der Waals surface area contributed by atoms with Crippen LogP contribution in [0.1, 0.15) is 26.7 Å². The number of aliphatic hydroxyl groups is 1. The Morgan fingerprint density at radius 3 is 2.40 bits per heavy atom. The Kier molecular flexibility index (Phi) is 1.74. The zero-order chi connectivity index (χ0) is 7.78. The first-order valence-corrected chi connectivity index (χ1v) is 3.76. The van der Waals surface area contributed by atoms with E-state index in [1.54, 1.807) is 6.92 Å². The zero-order valence-corrected chi connectivity index (χ0v) is 6.59. The molecule has 1 aliphatic rings. The molecular formula is C9H14O. The first-order valence-electron chi connectivity index (χ1n) is 3.76. The van der Waals surface area contributed by atoms with Crippen LogP contribution in [0.15, 0.2) is 0 Å². The van der Waals surface area contributed by atoms with Gasteiger partial charge in [0.05, 0.1) is 0 Å². The molecule has 1 atom stereocenters. The Hall–Kier alpha value is -0.480. The van der Waals surface area contributed by atoms with Crippen molar-refractivity contribution in [3.05, 3.63) is 0 Å². The van der Waals surface area contributed by atoms with Crippen LogP contribution in [0.5, 0.6) is 0 Å². The van der Waals surface area contributed by atoms with Crippen LogP contribution in [-0.2, 0) is 0 Å². The maximum atomic E-state index is 9.52. The lowest BCUT2D eigenvalue weighted by atomic mass is 9.68. The molecule has 0 aromatic rings. The van der Waals surface area contributed by atoms with Crippen LogP contribution in [0.3, 0.4) is 0 Å². The predicted molar refractivity (Wildman–Crippen MR) is 41.3 cm³/mol. The number of hydrogen-bond donors (Lipinski definition) is 1. The summed E-state index contributed by atoms with van der Waals surface area (Å²) in [5.41, 5.74) is -0.855. The van der Waals surface area contributed by atoms with Crippen molar-refractivity contribution in [3.63, 3.8) is 0 Å². The van der Waals surface area contributed by atoms with Crippen molar-refractivity contribution in [2.45, 2.75) is 32.3 Å². The van der Waals surface area contributed by atoms with Crippen LogP contribution >= 0.6 is 0 Å². The van der Waals surface area contributed by atoms with Gasteiger partial charge in [0, 0.05) is 0 Å². The Balaban J connectivity index is 2.46. The van der Waals surface area contributed by atoms with Gasteiger partial charge in [-0.2, -0.15) is 0 Å². The average molecular weight is 138 g/mol. The highest BCUT2D eigenvalue weighted by atomic mass is 16.3. The normalized spacial score (nSPS) is 37.4. The lowest BCUT2D eigenvalue weighted by Crippen LogP contribution is -2.40. The molecule has 1 nitrogen and oxygen atoms in total. The van der Waals surface area contributed by atoms with E-state index in [1.165, 1.54) is 0 Å². The molecule has 0 aromatic heterocycles. The Morgan fingerprint density at radius 2 is 2.10 bits per heavy atom. The summed E-state index contributed by atoms with van der Waals surface area (Å²) < 4.78 is 0. The van der Waals surface area contributed by atoms with Gasteiger partial charge in [0.1, 0.15) is 5.60 Å². The van der Waals surface area contributed by atoms with Crippen LogP contribution in [0.25, 0.3) is 0 Å². The van der Waals surface area contributed by atoms with E-state index < -0.39 is 5.60 Å². The molecule has 1 rings (SSSR count). The van der Waals surface area contributed by atoms with Crippen LogP contribution in [-0.4, -0.2) is 10.7 Å². The highest BCUT2D eigenvalue weighted by Gasteiger charge is 2.38. The summed E-state index contributed by atoms with van der Waals surface area (Å²) in [7, 11) is 0. The highest BCUT2D eigenvalue weighted by molar-refractivity contribution is 5.10. The lowest BCUT2D eigenvalue weighted by Gasteiger charge is -2.40.